The van der Waals surface area contributed by atoms with E-state index in [-0.39, 0.29) is 11.9 Å². The Bertz CT molecular complexity index is 385. The van der Waals surface area contributed by atoms with Crippen LogP contribution >= 0.6 is 0 Å². The Kier molecular flexibility index (Phi) is 6.15. The maximum absolute atomic E-state index is 11.4. The van der Waals surface area contributed by atoms with Crippen LogP contribution in [0.25, 0.3) is 5.57 Å². The fourth-order valence-electron chi connectivity index (χ4n) is 1.61. The minimum absolute atomic E-state index is 0.0859. The lowest BCUT2D eigenvalue weighted by Crippen LogP contribution is -2.32. The Labute approximate surface area is 109 Å². The molecule has 1 rings (SSSR count). The van der Waals surface area contributed by atoms with Gasteiger partial charge in [-0.3, -0.25) is 4.79 Å². The molecular weight excluding hydrogens is 224 g/mol. The maximum atomic E-state index is 11.4. The largest absolute Gasteiger partial charge is 0.354 e. The normalized spacial score (nSPS) is 10.4. The lowest BCUT2D eigenvalue weighted by Gasteiger charge is -2.10. The van der Waals surface area contributed by atoms with Crippen LogP contribution in [0.15, 0.2) is 36.9 Å². The fraction of sp³-hybridized carbons (Fsp3) is 0.400. The van der Waals surface area contributed by atoms with E-state index in [2.05, 4.69) is 17.2 Å². The zero-order chi connectivity index (χ0) is 13.4. The van der Waals surface area contributed by atoms with Crippen molar-refractivity contribution in [2.24, 2.45) is 0 Å². The summed E-state index contributed by atoms with van der Waals surface area (Å²) in [6.07, 6.45) is 0.500. The molecule has 0 radical (unpaired) electrons. The smallest absolute Gasteiger partial charge is 0.221 e. The van der Waals surface area contributed by atoms with Crippen LogP contribution in [-0.2, 0) is 4.79 Å². The van der Waals surface area contributed by atoms with Gasteiger partial charge < -0.3 is 10.6 Å². The van der Waals surface area contributed by atoms with Crippen LogP contribution in [0.3, 0.4) is 0 Å². The van der Waals surface area contributed by atoms with Crippen molar-refractivity contribution in [2.75, 3.05) is 13.1 Å². The molecule has 0 saturated carbocycles. The summed E-state index contributed by atoms with van der Waals surface area (Å²) in [7, 11) is 0. The van der Waals surface area contributed by atoms with Crippen LogP contribution in [0.5, 0.6) is 0 Å². The molecule has 0 aliphatic carbocycles. The highest BCUT2D eigenvalue weighted by atomic mass is 16.1. The predicted octanol–water partition coefficient (Wildman–Crippen LogP) is 2.20. The van der Waals surface area contributed by atoms with Crippen molar-refractivity contribution in [3.63, 3.8) is 0 Å². The van der Waals surface area contributed by atoms with Crippen molar-refractivity contribution < 1.29 is 4.79 Å². The van der Waals surface area contributed by atoms with Crippen molar-refractivity contribution in [2.45, 2.75) is 26.3 Å². The molecule has 0 fully saturated rings. The van der Waals surface area contributed by atoms with E-state index in [1.54, 1.807) is 0 Å². The van der Waals surface area contributed by atoms with Gasteiger partial charge in [0, 0.05) is 25.6 Å². The first-order valence-corrected chi connectivity index (χ1v) is 6.33. The van der Waals surface area contributed by atoms with Gasteiger partial charge in [-0.25, -0.2) is 0 Å². The van der Waals surface area contributed by atoms with Crippen molar-refractivity contribution in [1.29, 1.82) is 0 Å². The second-order valence-electron chi connectivity index (χ2n) is 4.62. The first-order chi connectivity index (χ1) is 8.59. The molecule has 0 heterocycles. The highest BCUT2D eigenvalue weighted by Crippen LogP contribution is 2.09. The van der Waals surface area contributed by atoms with Gasteiger partial charge in [-0.1, -0.05) is 36.9 Å². The van der Waals surface area contributed by atoms with Gasteiger partial charge in [-0.2, -0.15) is 0 Å². The third-order valence-electron chi connectivity index (χ3n) is 2.50. The summed E-state index contributed by atoms with van der Waals surface area (Å²) >= 11 is 0. The average Bonchev–Trinajstić information content (AvgIpc) is 2.34. The Morgan fingerprint density at radius 2 is 1.94 bits per heavy atom. The quantitative estimate of drug-likeness (QED) is 0.724. The molecule has 0 aliphatic heterocycles. The molecule has 98 valence electrons. The van der Waals surface area contributed by atoms with E-state index in [0.29, 0.717) is 19.5 Å². The van der Waals surface area contributed by atoms with E-state index < -0.39 is 0 Å². The zero-order valence-electron chi connectivity index (χ0n) is 11.2. The summed E-state index contributed by atoms with van der Waals surface area (Å²) in [5, 5.41) is 6.09. The Balaban J connectivity index is 2.19. The highest BCUT2D eigenvalue weighted by Gasteiger charge is 2.03. The number of benzene rings is 1. The lowest BCUT2D eigenvalue weighted by molar-refractivity contribution is -0.121. The molecule has 1 amide bonds. The number of hydrogen-bond donors (Lipinski definition) is 2. The van der Waals surface area contributed by atoms with Gasteiger partial charge in [0.25, 0.3) is 0 Å². The third kappa shape index (κ3) is 5.64. The second kappa shape index (κ2) is 7.67. The van der Waals surface area contributed by atoms with E-state index in [1.807, 2.05) is 44.2 Å². The summed E-state index contributed by atoms with van der Waals surface area (Å²) in [5.74, 6) is 0.0859. The van der Waals surface area contributed by atoms with E-state index in [9.17, 15) is 4.79 Å². The molecule has 0 aliphatic rings. The number of carbonyl (C=O) groups is 1. The molecule has 3 nitrogen and oxygen atoms in total. The van der Waals surface area contributed by atoms with Crippen molar-refractivity contribution >= 4 is 11.5 Å². The summed E-state index contributed by atoms with van der Waals surface area (Å²) in [4.78, 5) is 11.4. The minimum atomic E-state index is 0.0859. The van der Waals surface area contributed by atoms with Gasteiger partial charge in [0.1, 0.15) is 0 Å². The molecule has 18 heavy (non-hydrogen) atoms. The van der Waals surface area contributed by atoms with Crippen LogP contribution < -0.4 is 10.6 Å². The minimum Gasteiger partial charge on any atom is -0.354 e. The number of carbonyl (C=O) groups excluding carboxylic acids is 1. The Morgan fingerprint density at radius 1 is 1.28 bits per heavy atom. The number of amides is 1. The van der Waals surface area contributed by atoms with Crippen molar-refractivity contribution in [3.8, 4) is 0 Å². The summed E-state index contributed by atoms with van der Waals surface area (Å²) in [6, 6.07) is 10.3. The fourth-order valence-corrected chi connectivity index (χ4v) is 1.61. The third-order valence-corrected chi connectivity index (χ3v) is 2.50. The predicted molar refractivity (Wildman–Crippen MR) is 76.2 cm³/mol. The molecule has 0 atom stereocenters. The highest BCUT2D eigenvalue weighted by molar-refractivity contribution is 5.76. The molecular formula is C15H22N2O. The monoisotopic (exact) mass is 246 g/mol. The van der Waals surface area contributed by atoms with E-state index in [0.717, 1.165) is 11.1 Å². The molecule has 0 unspecified atom stereocenters. The van der Waals surface area contributed by atoms with Gasteiger partial charge in [-0.15, -0.1) is 0 Å². The maximum Gasteiger partial charge on any atom is 0.221 e. The molecule has 1 aromatic rings. The lowest BCUT2D eigenvalue weighted by atomic mass is 10.1. The molecule has 0 saturated heterocycles. The molecule has 3 heteroatoms. The first-order valence-electron chi connectivity index (χ1n) is 6.33. The molecule has 2 N–H and O–H groups in total. The van der Waals surface area contributed by atoms with Crippen LogP contribution in [0.4, 0.5) is 0 Å². The van der Waals surface area contributed by atoms with E-state index in [4.69, 9.17) is 0 Å². The summed E-state index contributed by atoms with van der Waals surface area (Å²) in [5.41, 5.74) is 2.18. The van der Waals surface area contributed by atoms with E-state index >= 15 is 0 Å². The average molecular weight is 246 g/mol. The zero-order valence-corrected chi connectivity index (χ0v) is 11.2. The molecule has 0 aromatic heterocycles. The van der Waals surface area contributed by atoms with Crippen LogP contribution in [0, 0.1) is 0 Å². The number of hydrogen-bond acceptors (Lipinski definition) is 2. The van der Waals surface area contributed by atoms with E-state index in [1.165, 1.54) is 0 Å². The SMILES string of the molecule is C=C(CNCCC(=O)NC(C)C)c1ccccc1. The van der Waals surface area contributed by atoms with Crippen molar-refractivity contribution in [3.05, 3.63) is 42.5 Å². The number of nitrogens with one attached hydrogen (secondary N) is 2. The standard InChI is InChI=1S/C15H22N2O/c1-12(2)17-15(18)9-10-16-11-13(3)14-7-5-4-6-8-14/h4-8,12,16H,3,9-11H2,1-2H3,(H,17,18). The Hall–Kier alpha value is -1.61. The molecule has 0 bridgehead atoms. The number of rotatable bonds is 7. The molecule has 1 aromatic carbocycles. The molecule has 0 spiro atoms. The van der Waals surface area contributed by atoms with Gasteiger partial charge in [-0.05, 0) is 25.0 Å². The van der Waals surface area contributed by atoms with Gasteiger partial charge in [0.05, 0.1) is 0 Å². The first kappa shape index (κ1) is 14.5. The van der Waals surface area contributed by atoms with Crippen LogP contribution in [0.2, 0.25) is 0 Å². The van der Waals surface area contributed by atoms with Gasteiger partial charge in [0.2, 0.25) is 5.91 Å². The second-order valence-corrected chi connectivity index (χ2v) is 4.62. The summed E-state index contributed by atoms with van der Waals surface area (Å²) in [6.45, 7) is 9.33. The van der Waals surface area contributed by atoms with Gasteiger partial charge >= 0.3 is 0 Å². The van der Waals surface area contributed by atoms with Gasteiger partial charge in [0.15, 0.2) is 0 Å². The van der Waals surface area contributed by atoms with Crippen molar-refractivity contribution in [1.82, 2.24) is 10.6 Å². The Morgan fingerprint density at radius 3 is 2.56 bits per heavy atom. The summed E-state index contributed by atoms with van der Waals surface area (Å²) < 4.78 is 0. The topological polar surface area (TPSA) is 41.1 Å². The van der Waals surface area contributed by atoms with Crippen LogP contribution in [0.1, 0.15) is 25.8 Å². The van der Waals surface area contributed by atoms with Crippen LogP contribution in [-0.4, -0.2) is 25.0 Å².